The van der Waals surface area contributed by atoms with E-state index in [-0.39, 0.29) is 0 Å². The normalized spacial score (nSPS) is 10.2. The van der Waals surface area contributed by atoms with Gasteiger partial charge in [0.25, 0.3) is 0 Å². The third-order valence-electron chi connectivity index (χ3n) is 2.82. The van der Waals surface area contributed by atoms with E-state index in [1.54, 1.807) is 6.20 Å². The maximum Gasteiger partial charge on any atom is 0.119 e. The highest BCUT2D eigenvalue weighted by molar-refractivity contribution is 7.80. The summed E-state index contributed by atoms with van der Waals surface area (Å²) in [6.45, 7) is 2.57. The molecule has 0 amide bonds. The van der Waals surface area contributed by atoms with Crippen LogP contribution in [0.25, 0.3) is 0 Å². The third-order valence-corrected chi connectivity index (χ3v) is 3.04. The fourth-order valence-electron chi connectivity index (χ4n) is 1.82. The topological polar surface area (TPSA) is 48.1 Å². The number of rotatable bonds is 5. The third kappa shape index (κ3) is 3.76. The molecule has 0 unspecified atom stereocenters. The Bertz CT molecular complexity index is 570. The molecule has 0 aliphatic carbocycles. The Morgan fingerprint density at radius 2 is 2.16 bits per heavy atom. The zero-order valence-electron chi connectivity index (χ0n) is 10.8. The summed E-state index contributed by atoms with van der Waals surface area (Å²) in [4.78, 5) is 4.67. The minimum absolute atomic E-state index is 0.414. The van der Waals surface area contributed by atoms with Crippen LogP contribution >= 0.6 is 12.2 Å². The number of ether oxygens (including phenoxy) is 1. The van der Waals surface area contributed by atoms with Gasteiger partial charge >= 0.3 is 0 Å². The summed E-state index contributed by atoms with van der Waals surface area (Å²) >= 11 is 4.97. The molecule has 2 rings (SSSR count). The first-order valence-electron chi connectivity index (χ1n) is 6.10. The zero-order chi connectivity index (χ0) is 13.7. The monoisotopic (exact) mass is 272 g/mol. The van der Waals surface area contributed by atoms with Crippen LogP contribution in [-0.4, -0.2) is 16.6 Å². The molecule has 0 bridgehead atoms. The Hall–Kier alpha value is -1.94. The number of hydrogen-bond acceptors (Lipinski definition) is 3. The molecule has 2 aromatic rings. The molecule has 1 aromatic carbocycles. The number of thiocarbonyl (C=S) groups is 1. The smallest absolute Gasteiger partial charge is 0.119 e. The van der Waals surface area contributed by atoms with Crippen LogP contribution < -0.4 is 10.5 Å². The van der Waals surface area contributed by atoms with Gasteiger partial charge in [-0.05, 0) is 42.8 Å². The van der Waals surface area contributed by atoms with E-state index >= 15 is 0 Å². The quantitative estimate of drug-likeness (QED) is 0.850. The van der Waals surface area contributed by atoms with Crippen LogP contribution in [0.1, 0.15) is 16.8 Å². The van der Waals surface area contributed by atoms with E-state index in [9.17, 15) is 0 Å². The molecule has 4 heteroatoms. The standard InChI is InChI=1S/C15H16N2OS/c1-11-10-13(5-6-14(11)15(16)19)18-9-7-12-4-2-3-8-17-12/h2-6,8,10H,7,9H2,1H3,(H2,16,19). The molecule has 3 nitrogen and oxygen atoms in total. The highest BCUT2D eigenvalue weighted by Crippen LogP contribution is 2.17. The molecule has 19 heavy (non-hydrogen) atoms. The zero-order valence-corrected chi connectivity index (χ0v) is 11.6. The second-order valence-electron chi connectivity index (χ2n) is 4.26. The van der Waals surface area contributed by atoms with Crippen LogP contribution in [0, 0.1) is 6.92 Å². The molecule has 0 spiro atoms. The first-order valence-corrected chi connectivity index (χ1v) is 6.51. The number of nitrogens with zero attached hydrogens (tertiary/aromatic N) is 1. The molecular formula is C15H16N2OS. The minimum atomic E-state index is 0.414. The summed E-state index contributed by atoms with van der Waals surface area (Å²) in [6, 6.07) is 11.6. The number of aryl methyl sites for hydroxylation is 1. The van der Waals surface area contributed by atoms with Crippen molar-refractivity contribution in [3.05, 3.63) is 59.4 Å². The molecule has 1 heterocycles. The van der Waals surface area contributed by atoms with E-state index in [0.717, 1.165) is 29.0 Å². The van der Waals surface area contributed by atoms with Gasteiger partial charge in [0.1, 0.15) is 10.7 Å². The van der Waals surface area contributed by atoms with Gasteiger partial charge in [0.05, 0.1) is 6.61 Å². The van der Waals surface area contributed by atoms with Crippen LogP contribution in [0.4, 0.5) is 0 Å². The molecule has 0 atom stereocenters. The summed E-state index contributed by atoms with van der Waals surface area (Å²) in [7, 11) is 0. The molecule has 0 radical (unpaired) electrons. The predicted molar refractivity (Wildman–Crippen MR) is 80.5 cm³/mol. The Labute approximate surface area is 118 Å². The van der Waals surface area contributed by atoms with Crippen LogP contribution in [0.5, 0.6) is 5.75 Å². The van der Waals surface area contributed by atoms with E-state index in [2.05, 4.69) is 4.98 Å². The van der Waals surface area contributed by atoms with Crippen molar-refractivity contribution in [2.24, 2.45) is 5.73 Å². The van der Waals surface area contributed by atoms with Crippen molar-refractivity contribution in [1.29, 1.82) is 0 Å². The van der Waals surface area contributed by atoms with E-state index in [4.69, 9.17) is 22.7 Å². The van der Waals surface area contributed by atoms with Gasteiger partial charge in [-0.25, -0.2) is 0 Å². The van der Waals surface area contributed by atoms with E-state index in [1.165, 1.54) is 0 Å². The summed E-state index contributed by atoms with van der Waals surface area (Å²) < 4.78 is 5.70. The lowest BCUT2D eigenvalue weighted by atomic mass is 10.1. The van der Waals surface area contributed by atoms with Crippen LogP contribution in [-0.2, 0) is 6.42 Å². The van der Waals surface area contributed by atoms with Crippen LogP contribution in [0.15, 0.2) is 42.6 Å². The molecule has 0 saturated heterocycles. The van der Waals surface area contributed by atoms with Crippen molar-refractivity contribution in [3.63, 3.8) is 0 Å². The highest BCUT2D eigenvalue weighted by Gasteiger charge is 2.03. The lowest BCUT2D eigenvalue weighted by Gasteiger charge is -2.09. The fraction of sp³-hybridized carbons (Fsp3) is 0.200. The van der Waals surface area contributed by atoms with Gasteiger partial charge < -0.3 is 10.5 Å². The van der Waals surface area contributed by atoms with Gasteiger partial charge in [0.15, 0.2) is 0 Å². The number of benzene rings is 1. The molecule has 0 fully saturated rings. The largest absolute Gasteiger partial charge is 0.493 e. The van der Waals surface area contributed by atoms with Crippen LogP contribution in [0.3, 0.4) is 0 Å². The van der Waals surface area contributed by atoms with Gasteiger partial charge in [-0.3, -0.25) is 4.98 Å². The van der Waals surface area contributed by atoms with Crippen molar-refractivity contribution in [3.8, 4) is 5.75 Å². The van der Waals surface area contributed by atoms with Gasteiger partial charge in [-0.15, -0.1) is 0 Å². The molecule has 98 valence electrons. The lowest BCUT2D eigenvalue weighted by Crippen LogP contribution is -2.11. The SMILES string of the molecule is Cc1cc(OCCc2ccccn2)ccc1C(N)=S. The second-order valence-corrected chi connectivity index (χ2v) is 4.70. The second kappa shape index (κ2) is 6.29. The molecule has 2 N–H and O–H groups in total. The Balaban J connectivity index is 1.93. The average molecular weight is 272 g/mol. The number of hydrogen-bond donors (Lipinski definition) is 1. The van der Waals surface area contributed by atoms with Crippen molar-refractivity contribution in [1.82, 2.24) is 4.98 Å². The number of aromatic nitrogens is 1. The minimum Gasteiger partial charge on any atom is -0.493 e. The van der Waals surface area contributed by atoms with Crippen molar-refractivity contribution < 1.29 is 4.74 Å². The van der Waals surface area contributed by atoms with Crippen molar-refractivity contribution >= 4 is 17.2 Å². The van der Waals surface area contributed by atoms with Gasteiger partial charge in [-0.1, -0.05) is 18.3 Å². The molecule has 0 aliphatic heterocycles. The number of nitrogens with two attached hydrogens (primary N) is 1. The summed E-state index contributed by atoms with van der Waals surface area (Å²) in [5.74, 6) is 0.827. The predicted octanol–water partition coefficient (Wildman–Crippen LogP) is 2.65. The summed E-state index contributed by atoms with van der Waals surface area (Å²) in [5, 5.41) is 0. The molecule has 0 saturated carbocycles. The molecular weight excluding hydrogens is 256 g/mol. The van der Waals surface area contributed by atoms with Crippen molar-refractivity contribution in [2.75, 3.05) is 6.61 Å². The lowest BCUT2D eigenvalue weighted by molar-refractivity contribution is 0.320. The molecule has 1 aromatic heterocycles. The Morgan fingerprint density at radius 3 is 2.79 bits per heavy atom. The van der Waals surface area contributed by atoms with E-state index < -0.39 is 0 Å². The average Bonchev–Trinajstić information content (AvgIpc) is 2.39. The van der Waals surface area contributed by atoms with Crippen LogP contribution in [0.2, 0.25) is 0 Å². The first-order chi connectivity index (χ1) is 9.16. The highest BCUT2D eigenvalue weighted by atomic mass is 32.1. The Morgan fingerprint density at radius 1 is 1.32 bits per heavy atom. The maximum atomic E-state index is 5.70. The summed E-state index contributed by atoms with van der Waals surface area (Å²) in [6.07, 6.45) is 2.58. The van der Waals surface area contributed by atoms with Gasteiger partial charge in [0, 0.05) is 23.9 Å². The first kappa shape index (κ1) is 13.5. The van der Waals surface area contributed by atoms with E-state index in [1.807, 2.05) is 43.3 Å². The molecule has 0 aliphatic rings. The van der Waals surface area contributed by atoms with Crippen molar-refractivity contribution in [2.45, 2.75) is 13.3 Å². The number of pyridine rings is 1. The van der Waals surface area contributed by atoms with E-state index in [0.29, 0.717) is 11.6 Å². The summed E-state index contributed by atoms with van der Waals surface area (Å²) in [5.41, 5.74) is 8.58. The maximum absolute atomic E-state index is 5.70. The Kier molecular flexibility index (Phi) is 4.47. The fourth-order valence-corrected chi connectivity index (χ4v) is 2.05. The van der Waals surface area contributed by atoms with Gasteiger partial charge in [-0.2, -0.15) is 0 Å². The van der Waals surface area contributed by atoms with Gasteiger partial charge in [0.2, 0.25) is 0 Å².